The molecule has 0 atom stereocenters. The van der Waals surface area contributed by atoms with Gasteiger partial charge in [0, 0.05) is 0 Å². The number of hydrogen-bond donors (Lipinski definition) is 0. The maximum Gasteiger partial charge on any atom is -0.0264 e. The van der Waals surface area contributed by atoms with E-state index < -0.39 is 0 Å². The van der Waals surface area contributed by atoms with E-state index in [1.54, 1.807) is 8.58 Å². The van der Waals surface area contributed by atoms with Crippen LogP contribution in [0.5, 0.6) is 0 Å². The van der Waals surface area contributed by atoms with Crippen LogP contribution in [0.25, 0.3) is 0 Å². The Bertz CT molecular complexity index is 54.3. The largest absolute Gasteiger partial charge is 0.147 e. The highest BCUT2D eigenvalue weighted by Gasteiger charge is 1.96. The molecule has 0 N–H and O–H groups in total. The summed E-state index contributed by atoms with van der Waals surface area (Å²) in [6.07, 6.45) is 2.75. The second-order valence-electron chi connectivity index (χ2n) is 3.38. The van der Waals surface area contributed by atoms with Crippen molar-refractivity contribution in [1.82, 2.24) is 0 Å². The van der Waals surface area contributed by atoms with Crippen molar-refractivity contribution in [2.45, 2.75) is 27.7 Å². The van der Waals surface area contributed by atoms with Crippen LogP contribution in [0.3, 0.4) is 0 Å². The lowest BCUT2D eigenvalue weighted by Gasteiger charge is -2.05. The SMILES string of the molecule is CC(C)C[P]CC(C)C.Cl. The normalized spacial score (nSPS) is 10.2. The minimum atomic E-state index is 0. The van der Waals surface area contributed by atoms with Gasteiger partial charge in [0.05, 0.1) is 0 Å². The number of hydrogen-bond acceptors (Lipinski definition) is 0. The average molecular weight is 182 g/mol. The second kappa shape index (κ2) is 7.82. The third kappa shape index (κ3) is 11.5. The van der Waals surface area contributed by atoms with Crippen molar-refractivity contribution in [3.8, 4) is 0 Å². The Labute approximate surface area is 73.4 Å². The minimum Gasteiger partial charge on any atom is -0.147 e. The quantitative estimate of drug-likeness (QED) is 0.581. The Morgan fingerprint density at radius 3 is 1.40 bits per heavy atom. The highest BCUT2D eigenvalue weighted by atomic mass is 35.5. The van der Waals surface area contributed by atoms with Gasteiger partial charge in [0.2, 0.25) is 0 Å². The van der Waals surface area contributed by atoms with Crippen molar-refractivity contribution < 1.29 is 0 Å². The Kier molecular flexibility index (Phi) is 10.4. The van der Waals surface area contributed by atoms with E-state index in [0.717, 1.165) is 11.8 Å². The molecule has 0 aromatic carbocycles. The van der Waals surface area contributed by atoms with Gasteiger partial charge in [0.1, 0.15) is 0 Å². The van der Waals surface area contributed by atoms with E-state index >= 15 is 0 Å². The molecule has 0 saturated heterocycles. The smallest absolute Gasteiger partial charge is 0.0264 e. The maximum atomic E-state index is 2.29. The van der Waals surface area contributed by atoms with Crippen LogP contribution in [-0.4, -0.2) is 12.3 Å². The molecule has 63 valence electrons. The molecule has 1 radical (unpaired) electrons. The predicted octanol–water partition coefficient (Wildman–Crippen LogP) is 3.67. The summed E-state index contributed by atoms with van der Waals surface area (Å²) in [6, 6.07) is 0. The van der Waals surface area contributed by atoms with Gasteiger partial charge in [-0.15, -0.1) is 12.4 Å². The molecule has 0 aliphatic carbocycles. The predicted molar refractivity (Wildman–Crippen MR) is 53.6 cm³/mol. The molecule has 10 heavy (non-hydrogen) atoms. The molecule has 0 amide bonds. The van der Waals surface area contributed by atoms with E-state index in [1.807, 2.05) is 0 Å². The Morgan fingerprint density at radius 2 is 1.20 bits per heavy atom. The van der Waals surface area contributed by atoms with Crippen LogP contribution >= 0.6 is 21.0 Å². The van der Waals surface area contributed by atoms with Gasteiger partial charge in [-0.3, -0.25) is 0 Å². The molecule has 2 heteroatoms. The fraction of sp³-hybridized carbons (Fsp3) is 1.00. The number of halogens is 1. The summed E-state index contributed by atoms with van der Waals surface area (Å²) >= 11 is 0. The third-order valence-corrected chi connectivity index (χ3v) is 2.97. The molecule has 0 fully saturated rings. The zero-order valence-corrected chi connectivity index (χ0v) is 9.14. The molecule has 0 saturated carbocycles. The van der Waals surface area contributed by atoms with Crippen LogP contribution in [0.15, 0.2) is 0 Å². The molecular formula is C8H19ClP. The first-order valence-corrected chi connectivity index (χ1v) is 5.02. The van der Waals surface area contributed by atoms with E-state index in [4.69, 9.17) is 0 Å². The monoisotopic (exact) mass is 181 g/mol. The summed E-state index contributed by atoms with van der Waals surface area (Å²) in [5, 5.41) is 0. The molecule has 0 aliphatic heterocycles. The lowest BCUT2D eigenvalue weighted by molar-refractivity contribution is 0.725. The summed E-state index contributed by atoms with van der Waals surface area (Å²) in [6.45, 7) is 9.14. The first-order valence-electron chi connectivity index (χ1n) is 3.76. The lowest BCUT2D eigenvalue weighted by atomic mass is 10.3. The van der Waals surface area contributed by atoms with Gasteiger partial charge in [-0.05, 0) is 24.2 Å². The molecule has 0 aromatic rings. The van der Waals surface area contributed by atoms with Gasteiger partial charge in [0.25, 0.3) is 0 Å². The van der Waals surface area contributed by atoms with Crippen molar-refractivity contribution in [2.75, 3.05) is 12.3 Å². The van der Waals surface area contributed by atoms with Crippen LogP contribution in [0.4, 0.5) is 0 Å². The fourth-order valence-electron chi connectivity index (χ4n) is 0.591. The highest BCUT2D eigenvalue weighted by Crippen LogP contribution is 2.17. The van der Waals surface area contributed by atoms with E-state index in [0.29, 0.717) is 0 Å². The molecule has 0 nitrogen and oxygen atoms in total. The zero-order chi connectivity index (χ0) is 7.28. The van der Waals surface area contributed by atoms with Gasteiger partial charge in [-0.25, -0.2) is 0 Å². The Balaban J connectivity index is 0. The van der Waals surface area contributed by atoms with Gasteiger partial charge in [0.15, 0.2) is 0 Å². The van der Waals surface area contributed by atoms with Gasteiger partial charge in [-0.2, -0.15) is 0 Å². The number of rotatable bonds is 4. The van der Waals surface area contributed by atoms with E-state index in [1.165, 1.54) is 12.3 Å². The Morgan fingerprint density at radius 1 is 0.900 bits per heavy atom. The summed E-state index contributed by atoms with van der Waals surface area (Å²) in [7, 11) is 1.63. The highest BCUT2D eigenvalue weighted by molar-refractivity contribution is 7.37. The Hall–Kier alpha value is 0.720. The second-order valence-corrected chi connectivity index (χ2v) is 4.55. The molecular weight excluding hydrogens is 163 g/mol. The fourth-order valence-corrected chi connectivity index (χ4v) is 1.77. The first kappa shape index (κ1) is 13.3. The zero-order valence-electron chi connectivity index (χ0n) is 7.42. The van der Waals surface area contributed by atoms with Crippen LogP contribution in [0.2, 0.25) is 0 Å². The minimum absolute atomic E-state index is 0. The van der Waals surface area contributed by atoms with Crippen LogP contribution in [0, 0.1) is 11.8 Å². The molecule has 0 aromatic heterocycles. The summed E-state index contributed by atoms with van der Waals surface area (Å²) in [5.74, 6) is 1.76. The maximum absolute atomic E-state index is 2.29. The van der Waals surface area contributed by atoms with Crippen LogP contribution < -0.4 is 0 Å². The van der Waals surface area contributed by atoms with Crippen molar-refractivity contribution in [3.05, 3.63) is 0 Å². The van der Waals surface area contributed by atoms with Gasteiger partial charge >= 0.3 is 0 Å². The standard InChI is InChI=1S/C8H18P.ClH/c1-7(2)5-9-6-8(3)4;/h7-8H,5-6H2,1-4H3;1H. The van der Waals surface area contributed by atoms with E-state index in [9.17, 15) is 0 Å². The summed E-state index contributed by atoms with van der Waals surface area (Å²) < 4.78 is 0. The van der Waals surface area contributed by atoms with Crippen molar-refractivity contribution in [2.24, 2.45) is 11.8 Å². The summed E-state index contributed by atoms with van der Waals surface area (Å²) in [4.78, 5) is 0. The third-order valence-electron chi connectivity index (χ3n) is 0.988. The van der Waals surface area contributed by atoms with Gasteiger partial charge in [-0.1, -0.05) is 36.3 Å². The van der Waals surface area contributed by atoms with Crippen LogP contribution in [0.1, 0.15) is 27.7 Å². The van der Waals surface area contributed by atoms with Crippen LogP contribution in [-0.2, 0) is 0 Å². The average Bonchev–Trinajstić information content (AvgIpc) is 1.63. The van der Waals surface area contributed by atoms with Crippen molar-refractivity contribution in [1.29, 1.82) is 0 Å². The molecule has 0 aliphatic rings. The molecule has 0 rings (SSSR count). The first-order chi connectivity index (χ1) is 4.13. The van der Waals surface area contributed by atoms with E-state index in [-0.39, 0.29) is 12.4 Å². The lowest BCUT2D eigenvalue weighted by Crippen LogP contribution is -1.94. The van der Waals surface area contributed by atoms with Crippen molar-refractivity contribution in [3.63, 3.8) is 0 Å². The van der Waals surface area contributed by atoms with Crippen molar-refractivity contribution >= 4 is 21.0 Å². The summed E-state index contributed by atoms with van der Waals surface area (Å²) in [5.41, 5.74) is 0. The van der Waals surface area contributed by atoms with E-state index in [2.05, 4.69) is 27.7 Å². The topological polar surface area (TPSA) is 0 Å². The molecule has 0 heterocycles. The molecule has 0 spiro atoms. The molecule has 0 unspecified atom stereocenters. The van der Waals surface area contributed by atoms with Gasteiger partial charge < -0.3 is 0 Å². The molecule has 0 bridgehead atoms.